The fourth-order valence-electron chi connectivity index (χ4n) is 2.03. The third-order valence-electron chi connectivity index (χ3n) is 3.05. The molecule has 0 aromatic carbocycles. The van der Waals surface area contributed by atoms with Gasteiger partial charge in [0.15, 0.2) is 0 Å². The van der Waals surface area contributed by atoms with Gasteiger partial charge in [0.2, 0.25) is 5.95 Å². The molecule has 1 aliphatic heterocycles. The van der Waals surface area contributed by atoms with Gasteiger partial charge in [-0.2, -0.15) is 0 Å². The molecule has 0 aliphatic carbocycles. The molecule has 2 N–H and O–H groups in total. The number of piperidine rings is 1. The fraction of sp³-hybridized carbons (Fsp3) is 0.667. The first kappa shape index (κ1) is 11.3. The molecule has 1 aromatic heterocycles. The van der Waals surface area contributed by atoms with Crippen molar-refractivity contribution in [2.45, 2.75) is 38.6 Å². The Morgan fingerprint density at radius 3 is 2.50 bits per heavy atom. The first-order chi connectivity index (χ1) is 7.79. The quantitative estimate of drug-likeness (QED) is 0.835. The highest BCUT2D eigenvalue weighted by molar-refractivity contribution is 5.30. The molecule has 1 fully saturated rings. The zero-order chi connectivity index (χ0) is 11.4. The van der Waals surface area contributed by atoms with E-state index in [1.54, 1.807) is 0 Å². The summed E-state index contributed by atoms with van der Waals surface area (Å²) >= 11 is 0. The minimum Gasteiger partial charge on any atom is -0.341 e. The van der Waals surface area contributed by atoms with E-state index in [4.69, 9.17) is 5.73 Å². The van der Waals surface area contributed by atoms with Gasteiger partial charge in [-0.25, -0.2) is 9.97 Å². The summed E-state index contributed by atoms with van der Waals surface area (Å²) in [4.78, 5) is 11.1. The summed E-state index contributed by atoms with van der Waals surface area (Å²) in [5.41, 5.74) is 7.09. The van der Waals surface area contributed by atoms with Gasteiger partial charge in [0, 0.05) is 31.5 Å². The number of aryl methyl sites for hydroxylation is 1. The topological polar surface area (TPSA) is 55.0 Å². The molecule has 88 valence electrons. The summed E-state index contributed by atoms with van der Waals surface area (Å²) in [6.07, 6.45) is 8.17. The molecule has 4 nitrogen and oxygen atoms in total. The second kappa shape index (κ2) is 5.25. The SMILES string of the molecule is CCCc1cnc(N2CCC(N)CC2)nc1. The predicted molar refractivity (Wildman–Crippen MR) is 65.4 cm³/mol. The number of aromatic nitrogens is 2. The van der Waals surface area contributed by atoms with Crippen molar-refractivity contribution in [3.63, 3.8) is 0 Å². The molecule has 4 heteroatoms. The van der Waals surface area contributed by atoms with Crippen molar-refractivity contribution in [2.24, 2.45) is 5.73 Å². The van der Waals surface area contributed by atoms with E-state index < -0.39 is 0 Å². The molecule has 1 aliphatic rings. The summed E-state index contributed by atoms with van der Waals surface area (Å²) in [6.45, 7) is 4.13. The standard InChI is InChI=1S/C12H20N4/c1-2-3-10-8-14-12(15-9-10)16-6-4-11(13)5-7-16/h8-9,11H,2-7,13H2,1H3. The van der Waals surface area contributed by atoms with E-state index in [1.165, 1.54) is 5.56 Å². The van der Waals surface area contributed by atoms with Crippen LogP contribution in [0.4, 0.5) is 5.95 Å². The van der Waals surface area contributed by atoms with Gasteiger partial charge in [0.05, 0.1) is 0 Å². The van der Waals surface area contributed by atoms with E-state index >= 15 is 0 Å². The van der Waals surface area contributed by atoms with Gasteiger partial charge < -0.3 is 10.6 Å². The Balaban J connectivity index is 1.98. The Kier molecular flexibility index (Phi) is 3.72. The maximum absolute atomic E-state index is 5.87. The Hall–Kier alpha value is -1.16. The number of hydrogen-bond acceptors (Lipinski definition) is 4. The Bertz CT molecular complexity index is 314. The van der Waals surface area contributed by atoms with Crippen molar-refractivity contribution in [2.75, 3.05) is 18.0 Å². The molecule has 0 radical (unpaired) electrons. The van der Waals surface area contributed by atoms with Crippen LogP contribution < -0.4 is 10.6 Å². The molecular formula is C12H20N4. The van der Waals surface area contributed by atoms with E-state index in [2.05, 4.69) is 21.8 Å². The first-order valence-electron chi connectivity index (χ1n) is 6.11. The lowest BCUT2D eigenvalue weighted by Crippen LogP contribution is -2.40. The van der Waals surface area contributed by atoms with Crippen molar-refractivity contribution in [3.8, 4) is 0 Å². The zero-order valence-electron chi connectivity index (χ0n) is 9.89. The van der Waals surface area contributed by atoms with Crippen molar-refractivity contribution < 1.29 is 0 Å². The largest absolute Gasteiger partial charge is 0.341 e. The second-order valence-electron chi connectivity index (χ2n) is 4.47. The van der Waals surface area contributed by atoms with Gasteiger partial charge in [-0.05, 0) is 24.8 Å². The molecule has 16 heavy (non-hydrogen) atoms. The number of anilines is 1. The summed E-state index contributed by atoms with van der Waals surface area (Å²) in [6, 6.07) is 0.357. The normalized spacial score (nSPS) is 17.8. The highest BCUT2D eigenvalue weighted by atomic mass is 15.2. The first-order valence-corrected chi connectivity index (χ1v) is 6.11. The van der Waals surface area contributed by atoms with Gasteiger partial charge in [-0.3, -0.25) is 0 Å². The minimum absolute atomic E-state index is 0.357. The number of nitrogens with zero attached hydrogens (tertiary/aromatic N) is 3. The van der Waals surface area contributed by atoms with Crippen molar-refractivity contribution in [3.05, 3.63) is 18.0 Å². The third kappa shape index (κ3) is 2.70. The molecule has 0 unspecified atom stereocenters. The Morgan fingerprint density at radius 1 is 1.31 bits per heavy atom. The summed E-state index contributed by atoms with van der Waals surface area (Å²) in [5.74, 6) is 0.853. The van der Waals surface area contributed by atoms with Crippen molar-refractivity contribution >= 4 is 5.95 Å². The van der Waals surface area contributed by atoms with Crippen LogP contribution in [0.15, 0.2) is 12.4 Å². The lowest BCUT2D eigenvalue weighted by molar-refractivity contribution is 0.495. The molecule has 1 saturated heterocycles. The van der Waals surface area contributed by atoms with Gasteiger partial charge in [0.1, 0.15) is 0 Å². The molecule has 0 saturated carbocycles. The monoisotopic (exact) mass is 220 g/mol. The molecule has 0 atom stereocenters. The molecule has 1 aromatic rings. The van der Waals surface area contributed by atoms with Gasteiger partial charge >= 0.3 is 0 Å². The summed E-state index contributed by atoms with van der Waals surface area (Å²) in [7, 11) is 0. The van der Waals surface area contributed by atoms with Crippen LogP contribution >= 0.6 is 0 Å². The fourth-order valence-corrected chi connectivity index (χ4v) is 2.03. The molecule has 0 spiro atoms. The van der Waals surface area contributed by atoms with Gasteiger partial charge in [-0.15, -0.1) is 0 Å². The van der Waals surface area contributed by atoms with E-state index in [1.807, 2.05) is 12.4 Å². The van der Waals surface area contributed by atoms with Crippen LogP contribution in [-0.4, -0.2) is 29.1 Å². The second-order valence-corrected chi connectivity index (χ2v) is 4.47. The van der Waals surface area contributed by atoms with E-state index in [-0.39, 0.29) is 0 Å². The Morgan fingerprint density at radius 2 is 1.94 bits per heavy atom. The predicted octanol–water partition coefficient (Wildman–Crippen LogP) is 1.36. The number of hydrogen-bond donors (Lipinski definition) is 1. The van der Waals surface area contributed by atoms with Crippen LogP contribution in [0, 0.1) is 0 Å². The van der Waals surface area contributed by atoms with Crippen LogP contribution in [0.25, 0.3) is 0 Å². The van der Waals surface area contributed by atoms with Crippen LogP contribution in [0.2, 0.25) is 0 Å². The maximum atomic E-state index is 5.87. The highest BCUT2D eigenvalue weighted by Gasteiger charge is 2.17. The van der Waals surface area contributed by atoms with E-state index in [0.717, 1.165) is 44.7 Å². The highest BCUT2D eigenvalue weighted by Crippen LogP contribution is 2.14. The van der Waals surface area contributed by atoms with E-state index in [9.17, 15) is 0 Å². The smallest absolute Gasteiger partial charge is 0.225 e. The summed E-state index contributed by atoms with van der Waals surface area (Å²) < 4.78 is 0. The lowest BCUT2D eigenvalue weighted by atomic mass is 10.1. The third-order valence-corrected chi connectivity index (χ3v) is 3.05. The Labute approximate surface area is 96.9 Å². The van der Waals surface area contributed by atoms with Crippen LogP contribution in [0.5, 0.6) is 0 Å². The number of rotatable bonds is 3. The lowest BCUT2D eigenvalue weighted by Gasteiger charge is -2.30. The molecular weight excluding hydrogens is 200 g/mol. The van der Waals surface area contributed by atoms with Gasteiger partial charge in [0.25, 0.3) is 0 Å². The average Bonchev–Trinajstić information content (AvgIpc) is 2.32. The van der Waals surface area contributed by atoms with Crippen LogP contribution in [0.3, 0.4) is 0 Å². The molecule has 2 heterocycles. The van der Waals surface area contributed by atoms with E-state index in [0.29, 0.717) is 6.04 Å². The van der Waals surface area contributed by atoms with Gasteiger partial charge in [-0.1, -0.05) is 13.3 Å². The average molecular weight is 220 g/mol. The minimum atomic E-state index is 0.357. The summed E-state index contributed by atoms with van der Waals surface area (Å²) in [5, 5.41) is 0. The molecule has 0 amide bonds. The number of nitrogens with two attached hydrogens (primary N) is 1. The maximum Gasteiger partial charge on any atom is 0.225 e. The van der Waals surface area contributed by atoms with Crippen LogP contribution in [-0.2, 0) is 6.42 Å². The van der Waals surface area contributed by atoms with Crippen LogP contribution in [0.1, 0.15) is 31.7 Å². The van der Waals surface area contributed by atoms with Crippen molar-refractivity contribution in [1.82, 2.24) is 9.97 Å². The molecule has 2 rings (SSSR count). The molecule has 0 bridgehead atoms. The zero-order valence-corrected chi connectivity index (χ0v) is 9.89. The van der Waals surface area contributed by atoms with Crippen molar-refractivity contribution in [1.29, 1.82) is 0 Å².